The molecule has 0 saturated heterocycles. The van der Waals surface area contributed by atoms with Crippen LogP contribution in [0.5, 0.6) is 0 Å². The number of rotatable bonds is 13. The van der Waals surface area contributed by atoms with E-state index in [4.69, 9.17) is 19.1 Å². The number of nitrogens with zero attached hydrogens (tertiary/aromatic N) is 2. The molecule has 2 aliphatic rings. The fraction of sp³-hybridized carbons (Fsp3) is 0.812. The number of carbonyl (C=O) groups excluding carboxylic acids is 2. The number of esters is 2. The summed E-state index contributed by atoms with van der Waals surface area (Å²) in [6.45, 7) is 23.0. The van der Waals surface area contributed by atoms with Crippen LogP contribution in [0.25, 0.3) is 0 Å². The third-order valence-corrected chi connectivity index (χ3v) is 6.98. The summed E-state index contributed by atoms with van der Waals surface area (Å²) in [7, 11) is 0. The van der Waals surface area contributed by atoms with Gasteiger partial charge in [0, 0.05) is 36.8 Å². The van der Waals surface area contributed by atoms with Gasteiger partial charge in [0.1, 0.15) is 11.5 Å². The van der Waals surface area contributed by atoms with Gasteiger partial charge in [0.05, 0.1) is 35.5 Å². The van der Waals surface area contributed by atoms with Gasteiger partial charge in [0.2, 0.25) is 0 Å². The SMILES string of the molecule is CC(C)(O)CON1C(C)(C)C=C(OC(=O)CCCCC(=O)OC2=CC(C)(C)N(OCC(C)(C)O)C(C)(C)C2)CC1(C)C. The normalized spacial score (nSPS) is 22.2. The molecular formula is C32H56N2O8. The van der Waals surface area contributed by atoms with Crippen LogP contribution >= 0.6 is 0 Å². The fourth-order valence-corrected chi connectivity index (χ4v) is 5.76. The lowest BCUT2D eigenvalue weighted by atomic mass is 9.86. The number of ether oxygens (including phenoxy) is 2. The van der Waals surface area contributed by atoms with Crippen molar-refractivity contribution in [3.8, 4) is 0 Å². The summed E-state index contributed by atoms with van der Waals surface area (Å²) in [5.41, 5.74) is -3.96. The largest absolute Gasteiger partial charge is 0.431 e. The van der Waals surface area contributed by atoms with Crippen molar-refractivity contribution in [2.75, 3.05) is 13.2 Å². The zero-order chi connectivity index (χ0) is 32.4. The Morgan fingerprint density at radius 3 is 1.26 bits per heavy atom. The second kappa shape index (κ2) is 13.0. The zero-order valence-electron chi connectivity index (χ0n) is 28.0. The van der Waals surface area contributed by atoms with Gasteiger partial charge in [-0.25, -0.2) is 0 Å². The van der Waals surface area contributed by atoms with Crippen molar-refractivity contribution >= 4 is 11.9 Å². The Bertz CT molecular complexity index is 946. The van der Waals surface area contributed by atoms with Crippen molar-refractivity contribution in [3.05, 3.63) is 23.7 Å². The molecule has 0 aliphatic carbocycles. The first-order valence-electron chi connectivity index (χ1n) is 15.0. The molecule has 0 aromatic heterocycles. The van der Waals surface area contributed by atoms with Crippen LogP contribution in [0.15, 0.2) is 23.7 Å². The second-order valence-corrected chi connectivity index (χ2v) is 15.4. The molecule has 242 valence electrons. The van der Waals surface area contributed by atoms with E-state index in [-0.39, 0.29) is 38.0 Å². The van der Waals surface area contributed by atoms with Gasteiger partial charge in [0.15, 0.2) is 0 Å². The van der Waals surface area contributed by atoms with E-state index in [1.165, 1.54) is 0 Å². The molecule has 2 N–H and O–H groups in total. The van der Waals surface area contributed by atoms with Crippen LogP contribution in [0.1, 0.15) is 122 Å². The van der Waals surface area contributed by atoms with Gasteiger partial charge < -0.3 is 19.7 Å². The Balaban J connectivity index is 1.85. The number of unbranched alkanes of at least 4 members (excludes halogenated alkanes) is 1. The standard InChI is InChI=1S/C32H56N2O8/c1-27(2)17-23(18-28(3,4)33(27)39-21-31(9,10)37)41-25(35)15-13-14-16-26(36)42-24-19-29(5,6)34(30(7,8)20-24)40-22-32(11,12)38/h17,19,37-38H,13-16,18,20-22H2,1-12H3. The van der Waals surface area contributed by atoms with Crippen LogP contribution in [0, 0.1) is 0 Å². The lowest BCUT2D eigenvalue weighted by Gasteiger charge is -2.49. The highest BCUT2D eigenvalue weighted by molar-refractivity contribution is 5.72. The predicted octanol–water partition coefficient (Wildman–Crippen LogP) is 5.33. The lowest BCUT2D eigenvalue weighted by Crippen LogP contribution is -2.58. The maximum absolute atomic E-state index is 12.6. The smallest absolute Gasteiger partial charge is 0.310 e. The summed E-state index contributed by atoms with van der Waals surface area (Å²) in [6.07, 6.45) is 6.12. The Kier molecular flexibility index (Phi) is 11.3. The first-order chi connectivity index (χ1) is 18.8. The molecule has 0 spiro atoms. The molecule has 0 saturated carbocycles. The molecule has 0 radical (unpaired) electrons. The van der Waals surface area contributed by atoms with Gasteiger partial charge in [0.25, 0.3) is 0 Å². The predicted molar refractivity (Wildman–Crippen MR) is 161 cm³/mol. The molecule has 0 bridgehead atoms. The van der Waals surface area contributed by atoms with E-state index in [0.717, 1.165) is 0 Å². The highest BCUT2D eigenvalue weighted by Gasteiger charge is 2.45. The molecule has 42 heavy (non-hydrogen) atoms. The van der Waals surface area contributed by atoms with Crippen LogP contribution in [-0.4, -0.2) is 78.8 Å². The summed E-state index contributed by atoms with van der Waals surface area (Å²) >= 11 is 0. The Hall–Kier alpha value is -1.82. The third kappa shape index (κ3) is 11.0. The maximum atomic E-state index is 12.6. The monoisotopic (exact) mass is 596 g/mol. The molecule has 2 aliphatic heterocycles. The van der Waals surface area contributed by atoms with Crippen LogP contribution in [0.3, 0.4) is 0 Å². The average Bonchev–Trinajstić information content (AvgIpc) is 2.71. The van der Waals surface area contributed by atoms with E-state index in [1.807, 2.05) is 77.7 Å². The molecule has 10 nitrogen and oxygen atoms in total. The van der Waals surface area contributed by atoms with Crippen molar-refractivity contribution < 1.29 is 39.0 Å². The first-order valence-corrected chi connectivity index (χ1v) is 15.0. The molecular weight excluding hydrogens is 540 g/mol. The third-order valence-electron chi connectivity index (χ3n) is 6.98. The summed E-state index contributed by atoms with van der Waals surface area (Å²) in [4.78, 5) is 37.2. The Labute approximate surface area is 252 Å². The number of hydrogen-bond acceptors (Lipinski definition) is 10. The molecule has 2 rings (SSSR count). The minimum atomic E-state index is -0.968. The van der Waals surface area contributed by atoms with E-state index in [2.05, 4.69) is 0 Å². The van der Waals surface area contributed by atoms with Crippen molar-refractivity contribution in [3.63, 3.8) is 0 Å². The lowest BCUT2D eigenvalue weighted by molar-refractivity contribution is -0.278. The molecule has 0 aromatic rings. The number of carbonyl (C=O) groups is 2. The van der Waals surface area contributed by atoms with Crippen LogP contribution in [0.2, 0.25) is 0 Å². The molecule has 0 atom stereocenters. The minimum Gasteiger partial charge on any atom is -0.431 e. The Morgan fingerprint density at radius 2 is 1.00 bits per heavy atom. The van der Waals surface area contributed by atoms with Gasteiger partial charge in [-0.15, -0.1) is 0 Å². The van der Waals surface area contributed by atoms with E-state index in [1.54, 1.807) is 27.7 Å². The molecule has 0 unspecified atom stereocenters. The zero-order valence-corrected chi connectivity index (χ0v) is 28.0. The number of aliphatic hydroxyl groups is 2. The summed E-state index contributed by atoms with van der Waals surface area (Å²) in [6, 6.07) is 0. The van der Waals surface area contributed by atoms with Crippen LogP contribution < -0.4 is 0 Å². The summed E-state index contributed by atoms with van der Waals surface area (Å²) < 4.78 is 11.4. The quantitative estimate of drug-likeness (QED) is 0.213. The highest BCUT2D eigenvalue weighted by atomic mass is 16.7. The molecule has 0 aromatic carbocycles. The van der Waals surface area contributed by atoms with Crippen LogP contribution in [-0.2, 0) is 28.7 Å². The van der Waals surface area contributed by atoms with E-state index in [9.17, 15) is 19.8 Å². The van der Waals surface area contributed by atoms with Gasteiger partial charge in [-0.1, -0.05) is 0 Å². The minimum absolute atomic E-state index is 0.147. The van der Waals surface area contributed by atoms with Gasteiger partial charge >= 0.3 is 11.9 Å². The summed E-state index contributed by atoms with van der Waals surface area (Å²) in [5, 5.41) is 23.9. The van der Waals surface area contributed by atoms with Crippen molar-refractivity contribution in [2.45, 2.75) is 155 Å². The molecule has 0 amide bonds. The van der Waals surface area contributed by atoms with Gasteiger partial charge in [-0.3, -0.25) is 19.3 Å². The topological polar surface area (TPSA) is 118 Å². The van der Waals surface area contributed by atoms with Crippen molar-refractivity contribution in [1.29, 1.82) is 0 Å². The highest BCUT2D eigenvalue weighted by Crippen LogP contribution is 2.39. The molecule has 2 heterocycles. The molecule has 0 fully saturated rings. The van der Waals surface area contributed by atoms with Gasteiger partial charge in [-0.05, 0) is 108 Å². The maximum Gasteiger partial charge on any atom is 0.310 e. The number of hydroxylamine groups is 4. The Morgan fingerprint density at radius 1 is 0.690 bits per heavy atom. The van der Waals surface area contributed by atoms with E-state index in [0.29, 0.717) is 37.2 Å². The van der Waals surface area contributed by atoms with E-state index < -0.39 is 33.4 Å². The summed E-state index contributed by atoms with van der Waals surface area (Å²) in [5.74, 6) is 0.508. The first kappa shape index (κ1) is 36.4. The van der Waals surface area contributed by atoms with Gasteiger partial charge in [-0.2, -0.15) is 10.1 Å². The van der Waals surface area contributed by atoms with Crippen molar-refractivity contribution in [2.24, 2.45) is 0 Å². The van der Waals surface area contributed by atoms with Crippen molar-refractivity contribution in [1.82, 2.24) is 10.1 Å². The molecule has 10 heteroatoms. The fourth-order valence-electron chi connectivity index (χ4n) is 5.76. The van der Waals surface area contributed by atoms with Crippen LogP contribution in [0.4, 0.5) is 0 Å². The van der Waals surface area contributed by atoms with E-state index >= 15 is 0 Å². The number of hydrogen-bond donors (Lipinski definition) is 2. The average molecular weight is 597 g/mol. The second-order valence-electron chi connectivity index (χ2n) is 15.4.